The van der Waals surface area contributed by atoms with E-state index in [2.05, 4.69) is 20.5 Å². The molecule has 1 aliphatic carbocycles. The van der Waals surface area contributed by atoms with Crippen LogP contribution in [0.15, 0.2) is 29.4 Å². The molecule has 1 unspecified atom stereocenters. The predicted molar refractivity (Wildman–Crippen MR) is 114 cm³/mol. The number of hydrogen-bond donors (Lipinski definition) is 2. The summed E-state index contributed by atoms with van der Waals surface area (Å²) in [6.45, 7) is 1.90. The number of aromatic amines is 1. The van der Waals surface area contributed by atoms with Crippen LogP contribution in [-0.2, 0) is 16.0 Å². The van der Waals surface area contributed by atoms with Crippen LogP contribution < -0.4 is 10.2 Å². The van der Waals surface area contributed by atoms with E-state index in [-0.39, 0.29) is 30.0 Å². The summed E-state index contributed by atoms with van der Waals surface area (Å²) in [5.74, 6) is 1.82. The number of carbonyl (C=O) groups excluding carboxylic acids is 2. The normalized spacial score (nSPS) is 19.7. The maximum absolute atomic E-state index is 13.0. The highest BCUT2D eigenvalue weighted by Gasteiger charge is 2.29. The largest absolute Gasteiger partial charge is 0.324 e. The molecule has 7 nitrogen and oxygen atoms in total. The summed E-state index contributed by atoms with van der Waals surface area (Å²) in [7, 11) is 0. The molecule has 2 heterocycles. The molecule has 0 radical (unpaired) electrons. The third kappa shape index (κ3) is 4.80. The Morgan fingerprint density at radius 3 is 2.90 bits per heavy atom. The third-order valence-corrected chi connectivity index (χ3v) is 6.56. The van der Waals surface area contributed by atoms with Gasteiger partial charge in [-0.05, 0) is 31.4 Å². The summed E-state index contributed by atoms with van der Waals surface area (Å²) in [6.07, 6.45) is 7.70. The van der Waals surface area contributed by atoms with Gasteiger partial charge in [-0.25, -0.2) is 4.98 Å². The maximum atomic E-state index is 13.0. The molecule has 2 aromatic rings. The molecular formula is C21H27N5O2S. The number of aryl methyl sites for hydroxylation is 1. The first-order valence-electron chi connectivity index (χ1n) is 10.3. The van der Waals surface area contributed by atoms with Gasteiger partial charge >= 0.3 is 0 Å². The number of fused-ring (bicyclic) bond motifs is 1. The van der Waals surface area contributed by atoms with Crippen molar-refractivity contribution in [3.05, 3.63) is 30.1 Å². The highest BCUT2D eigenvalue weighted by molar-refractivity contribution is 7.99. The van der Waals surface area contributed by atoms with Crippen LogP contribution in [-0.4, -0.2) is 38.8 Å². The van der Waals surface area contributed by atoms with E-state index in [1.54, 1.807) is 4.90 Å². The fraction of sp³-hybridized carbons (Fsp3) is 0.524. The minimum Gasteiger partial charge on any atom is -0.324 e. The molecule has 1 fully saturated rings. The summed E-state index contributed by atoms with van der Waals surface area (Å²) in [6, 6.07) is 7.22. The van der Waals surface area contributed by atoms with E-state index >= 15 is 0 Å². The lowest BCUT2D eigenvalue weighted by Crippen LogP contribution is -2.40. The molecule has 0 spiro atoms. The number of para-hydroxylation sites is 2. The summed E-state index contributed by atoms with van der Waals surface area (Å²) >= 11 is 1.34. The SMILES string of the molecule is CC1CC(=O)Nc2ccccc2N1C(=O)CSc1n[nH]c(CCC2CCCC2)n1. The van der Waals surface area contributed by atoms with E-state index in [4.69, 9.17) is 0 Å². The third-order valence-electron chi connectivity index (χ3n) is 5.73. The van der Waals surface area contributed by atoms with Crippen molar-refractivity contribution in [1.82, 2.24) is 15.2 Å². The molecule has 1 aromatic carbocycles. The van der Waals surface area contributed by atoms with Gasteiger partial charge in [-0.3, -0.25) is 14.7 Å². The summed E-state index contributed by atoms with van der Waals surface area (Å²) < 4.78 is 0. The zero-order valence-corrected chi connectivity index (χ0v) is 17.5. The van der Waals surface area contributed by atoms with Gasteiger partial charge in [-0.2, -0.15) is 0 Å². The van der Waals surface area contributed by atoms with Crippen molar-refractivity contribution in [2.75, 3.05) is 16.0 Å². The molecule has 2 aliphatic rings. The first-order chi connectivity index (χ1) is 14.1. The predicted octanol–water partition coefficient (Wildman–Crippen LogP) is 3.78. The fourth-order valence-electron chi connectivity index (χ4n) is 4.26. The highest BCUT2D eigenvalue weighted by atomic mass is 32.2. The Balaban J connectivity index is 1.37. The van der Waals surface area contributed by atoms with E-state index in [0.717, 1.165) is 30.3 Å². The molecule has 0 saturated heterocycles. The van der Waals surface area contributed by atoms with Gasteiger partial charge in [0.25, 0.3) is 0 Å². The average Bonchev–Trinajstić information content (AvgIpc) is 3.35. The molecule has 2 amide bonds. The highest BCUT2D eigenvalue weighted by Crippen LogP contribution is 2.32. The molecule has 154 valence electrons. The molecule has 1 aromatic heterocycles. The number of anilines is 2. The van der Waals surface area contributed by atoms with Crippen LogP contribution in [0, 0.1) is 5.92 Å². The Hall–Kier alpha value is -2.35. The summed E-state index contributed by atoms with van der Waals surface area (Å²) in [5.41, 5.74) is 1.41. The number of H-pyrrole nitrogens is 1. The maximum Gasteiger partial charge on any atom is 0.237 e. The van der Waals surface area contributed by atoms with Crippen molar-refractivity contribution in [3.8, 4) is 0 Å². The van der Waals surface area contributed by atoms with Gasteiger partial charge in [0.05, 0.1) is 17.1 Å². The topological polar surface area (TPSA) is 91.0 Å². The first-order valence-corrected chi connectivity index (χ1v) is 11.3. The lowest BCUT2D eigenvalue weighted by atomic mass is 10.0. The molecule has 0 bridgehead atoms. The van der Waals surface area contributed by atoms with E-state index in [1.165, 1.54) is 37.4 Å². The van der Waals surface area contributed by atoms with Crippen molar-refractivity contribution < 1.29 is 9.59 Å². The number of nitrogens with zero attached hydrogens (tertiary/aromatic N) is 3. The zero-order valence-electron chi connectivity index (χ0n) is 16.7. The Labute approximate surface area is 175 Å². The first kappa shape index (κ1) is 19.9. The number of nitrogens with one attached hydrogen (secondary N) is 2. The molecule has 2 N–H and O–H groups in total. The second kappa shape index (κ2) is 8.98. The minimum absolute atomic E-state index is 0.0521. The number of thioether (sulfide) groups is 1. The van der Waals surface area contributed by atoms with Crippen molar-refractivity contribution in [3.63, 3.8) is 0 Å². The molecule has 1 atom stereocenters. The van der Waals surface area contributed by atoms with Crippen molar-refractivity contribution in [2.24, 2.45) is 5.92 Å². The lowest BCUT2D eigenvalue weighted by Gasteiger charge is -2.27. The Morgan fingerprint density at radius 1 is 1.28 bits per heavy atom. The molecule has 1 aliphatic heterocycles. The Bertz CT molecular complexity index is 877. The van der Waals surface area contributed by atoms with E-state index in [9.17, 15) is 9.59 Å². The van der Waals surface area contributed by atoms with Gasteiger partial charge < -0.3 is 10.2 Å². The minimum atomic E-state index is -0.208. The molecule has 29 heavy (non-hydrogen) atoms. The number of hydrogen-bond acceptors (Lipinski definition) is 5. The van der Waals surface area contributed by atoms with Crippen LogP contribution in [0.25, 0.3) is 0 Å². The average molecular weight is 414 g/mol. The van der Waals surface area contributed by atoms with E-state index in [0.29, 0.717) is 10.8 Å². The zero-order chi connectivity index (χ0) is 20.2. The molecular weight excluding hydrogens is 386 g/mol. The van der Waals surface area contributed by atoms with Gasteiger partial charge in [0.2, 0.25) is 17.0 Å². The fourth-order valence-corrected chi connectivity index (χ4v) is 4.93. The van der Waals surface area contributed by atoms with Gasteiger partial charge in [0.15, 0.2) is 0 Å². The van der Waals surface area contributed by atoms with Crippen molar-refractivity contribution in [2.45, 2.75) is 63.1 Å². The quantitative estimate of drug-likeness (QED) is 0.703. The summed E-state index contributed by atoms with van der Waals surface area (Å²) in [5, 5.41) is 10.8. The number of amides is 2. The van der Waals surface area contributed by atoms with Crippen LogP contribution in [0.3, 0.4) is 0 Å². The standard InChI is InChI=1S/C21H27N5O2S/c1-14-12-19(27)22-16-8-4-5-9-17(16)26(14)20(28)13-29-21-23-18(24-25-21)11-10-15-6-2-3-7-15/h4-5,8-9,14-15H,2-3,6-7,10-13H2,1H3,(H,22,27)(H,23,24,25). The number of aromatic nitrogens is 3. The lowest BCUT2D eigenvalue weighted by molar-refractivity contribution is -0.117. The van der Waals surface area contributed by atoms with Crippen LogP contribution in [0.5, 0.6) is 0 Å². The van der Waals surface area contributed by atoms with Gasteiger partial charge in [-0.15, -0.1) is 5.10 Å². The second-order valence-corrected chi connectivity index (χ2v) is 8.87. The molecule has 8 heteroatoms. The monoisotopic (exact) mass is 413 g/mol. The second-order valence-electron chi connectivity index (χ2n) is 7.92. The van der Waals surface area contributed by atoms with E-state index < -0.39 is 0 Å². The smallest absolute Gasteiger partial charge is 0.237 e. The van der Waals surface area contributed by atoms with Gasteiger partial charge in [0.1, 0.15) is 5.82 Å². The van der Waals surface area contributed by atoms with Crippen molar-refractivity contribution >= 4 is 35.0 Å². The molecule has 4 rings (SSSR count). The number of carbonyl (C=O) groups is 2. The van der Waals surface area contributed by atoms with Crippen LogP contribution in [0.1, 0.15) is 51.3 Å². The number of rotatable bonds is 6. The van der Waals surface area contributed by atoms with Crippen molar-refractivity contribution in [1.29, 1.82) is 0 Å². The number of benzene rings is 1. The van der Waals surface area contributed by atoms with Crippen LogP contribution in [0.4, 0.5) is 11.4 Å². The molecule has 1 saturated carbocycles. The van der Waals surface area contributed by atoms with E-state index in [1.807, 2.05) is 31.2 Å². The van der Waals surface area contributed by atoms with Gasteiger partial charge in [0, 0.05) is 18.9 Å². The Morgan fingerprint density at radius 2 is 2.07 bits per heavy atom. The van der Waals surface area contributed by atoms with Crippen LogP contribution in [0.2, 0.25) is 0 Å². The van der Waals surface area contributed by atoms with Gasteiger partial charge in [-0.1, -0.05) is 49.6 Å². The van der Waals surface area contributed by atoms with Crippen LogP contribution >= 0.6 is 11.8 Å². The summed E-state index contributed by atoms with van der Waals surface area (Å²) in [4.78, 5) is 31.4. The Kier molecular flexibility index (Phi) is 6.18.